The van der Waals surface area contributed by atoms with Crippen molar-refractivity contribution in [3.05, 3.63) is 29.3 Å². The summed E-state index contributed by atoms with van der Waals surface area (Å²) < 4.78 is 74.5. The Hall–Kier alpha value is -1.22. The number of halogens is 5. The molecule has 0 heterocycles. The standard InChI is InChI=1S/C32H47F5O3S/c1-30-17-15-26-25-12-11-24(38)21-23(25)20-22(29(26)27(30)13-14-28(30)39)10-7-5-3-2-4-6-8-18-41(40)19-9-16-31(33,34)32(35,36)37/h11-12,21-22,26-29,38-39H,2-10,13-20H2,1H3/t22-,26-,27+,28?,29-,30+,41?/m1/s1. The zero-order valence-corrected chi connectivity index (χ0v) is 25.1. The normalized spacial score (nSPS) is 30.5. The zero-order chi connectivity index (χ0) is 29.8. The van der Waals surface area contributed by atoms with Gasteiger partial charge in [-0.15, -0.1) is 0 Å². The van der Waals surface area contributed by atoms with Crippen LogP contribution in [0.4, 0.5) is 22.0 Å². The number of aromatic hydroxyl groups is 1. The monoisotopic (exact) mass is 606 g/mol. The number of rotatable bonds is 14. The summed E-state index contributed by atoms with van der Waals surface area (Å²) in [6.45, 7) is 2.30. The lowest BCUT2D eigenvalue weighted by atomic mass is 9.52. The van der Waals surface area contributed by atoms with Gasteiger partial charge < -0.3 is 10.2 Å². The Labute approximate surface area is 244 Å². The molecule has 0 bridgehead atoms. The van der Waals surface area contributed by atoms with Crippen LogP contribution in [0.3, 0.4) is 0 Å². The molecule has 0 amide bonds. The van der Waals surface area contributed by atoms with Crippen LogP contribution in [0.15, 0.2) is 18.2 Å². The van der Waals surface area contributed by atoms with Crippen LogP contribution in [0, 0.1) is 23.2 Å². The van der Waals surface area contributed by atoms with Crippen LogP contribution in [-0.2, 0) is 17.2 Å². The summed E-state index contributed by atoms with van der Waals surface area (Å²) in [4.78, 5) is 0. The second kappa shape index (κ2) is 13.6. The summed E-state index contributed by atoms with van der Waals surface area (Å²) in [7, 11) is -1.35. The van der Waals surface area contributed by atoms with Gasteiger partial charge in [-0.3, -0.25) is 4.21 Å². The van der Waals surface area contributed by atoms with Crippen molar-refractivity contribution in [2.45, 2.75) is 127 Å². The molecular formula is C32H47F5O3S. The minimum atomic E-state index is -5.54. The number of phenols is 1. The first-order chi connectivity index (χ1) is 19.3. The summed E-state index contributed by atoms with van der Waals surface area (Å²) in [5.41, 5.74) is 2.73. The van der Waals surface area contributed by atoms with Crippen LogP contribution >= 0.6 is 0 Å². The molecule has 0 spiro atoms. The number of hydrogen-bond acceptors (Lipinski definition) is 3. The molecule has 7 atom stereocenters. The number of fused-ring (bicyclic) bond motifs is 5. The quantitative estimate of drug-likeness (QED) is 0.165. The van der Waals surface area contributed by atoms with Gasteiger partial charge in [0.05, 0.1) is 6.10 Å². The fourth-order valence-electron chi connectivity index (χ4n) is 8.28. The third-order valence-electron chi connectivity index (χ3n) is 10.6. The highest BCUT2D eigenvalue weighted by atomic mass is 32.2. The number of alkyl halides is 5. The zero-order valence-electron chi connectivity index (χ0n) is 24.2. The predicted molar refractivity (Wildman–Crippen MR) is 153 cm³/mol. The lowest BCUT2D eigenvalue weighted by Gasteiger charge is -2.53. The summed E-state index contributed by atoms with van der Waals surface area (Å²) in [5, 5.41) is 21.0. The van der Waals surface area contributed by atoms with Crippen molar-refractivity contribution in [1.29, 1.82) is 0 Å². The highest BCUT2D eigenvalue weighted by Crippen LogP contribution is 2.62. The average molecular weight is 607 g/mol. The van der Waals surface area contributed by atoms with Crippen LogP contribution in [-0.4, -0.2) is 44.1 Å². The molecule has 3 aliphatic carbocycles. The van der Waals surface area contributed by atoms with E-state index >= 15 is 0 Å². The molecule has 3 nitrogen and oxygen atoms in total. The Morgan fingerprint density at radius 1 is 0.927 bits per heavy atom. The molecule has 1 aromatic rings. The van der Waals surface area contributed by atoms with Gasteiger partial charge in [-0.1, -0.05) is 51.5 Å². The molecule has 4 rings (SSSR count). The van der Waals surface area contributed by atoms with E-state index < -0.39 is 35.7 Å². The lowest BCUT2D eigenvalue weighted by molar-refractivity contribution is -0.284. The third-order valence-corrected chi connectivity index (χ3v) is 12.0. The SMILES string of the molecule is C[C@]12CC[C@@H]3c4ccc(O)cc4C[C@@H](CCCCCCCCCS(=O)CCCC(F)(F)C(F)(F)F)[C@H]3[C@@H]1CCC2O. The number of benzene rings is 1. The molecular weight excluding hydrogens is 559 g/mol. The molecule has 0 aliphatic heterocycles. The van der Waals surface area contributed by atoms with Gasteiger partial charge in [0, 0.05) is 28.7 Å². The van der Waals surface area contributed by atoms with Gasteiger partial charge >= 0.3 is 12.1 Å². The van der Waals surface area contributed by atoms with Gasteiger partial charge in [-0.05, 0) is 104 Å². The van der Waals surface area contributed by atoms with E-state index in [1.165, 1.54) is 11.1 Å². The molecule has 1 aromatic carbocycles. The van der Waals surface area contributed by atoms with Crippen molar-refractivity contribution in [3.63, 3.8) is 0 Å². The highest BCUT2D eigenvalue weighted by molar-refractivity contribution is 7.84. The van der Waals surface area contributed by atoms with E-state index in [0.29, 0.717) is 41.6 Å². The van der Waals surface area contributed by atoms with Gasteiger partial charge in [-0.25, -0.2) is 0 Å². The summed E-state index contributed by atoms with van der Waals surface area (Å²) >= 11 is 0. The lowest BCUT2D eigenvalue weighted by Crippen LogP contribution is -2.47. The van der Waals surface area contributed by atoms with E-state index in [1.807, 2.05) is 12.1 Å². The maximum atomic E-state index is 13.0. The van der Waals surface area contributed by atoms with E-state index in [2.05, 4.69) is 13.0 Å². The van der Waals surface area contributed by atoms with Gasteiger partial charge in [0.25, 0.3) is 0 Å². The second-order valence-electron chi connectivity index (χ2n) is 13.2. The molecule has 0 radical (unpaired) electrons. The topological polar surface area (TPSA) is 57.5 Å². The smallest absolute Gasteiger partial charge is 0.453 e. The maximum absolute atomic E-state index is 13.0. The maximum Gasteiger partial charge on any atom is 0.453 e. The van der Waals surface area contributed by atoms with Gasteiger partial charge in [0.1, 0.15) is 5.75 Å². The molecule has 9 heteroatoms. The number of aliphatic hydroxyl groups is 1. The van der Waals surface area contributed by atoms with E-state index in [4.69, 9.17) is 0 Å². The van der Waals surface area contributed by atoms with Crippen molar-refractivity contribution in [2.24, 2.45) is 23.2 Å². The Kier molecular flexibility index (Phi) is 10.8. The van der Waals surface area contributed by atoms with E-state index in [-0.39, 0.29) is 17.3 Å². The van der Waals surface area contributed by atoms with E-state index in [1.54, 1.807) is 0 Å². The molecule has 0 saturated heterocycles. The summed E-state index contributed by atoms with van der Waals surface area (Å²) in [6.07, 6.45) is 5.97. The average Bonchev–Trinajstić information content (AvgIpc) is 3.20. The van der Waals surface area contributed by atoms with E-state index in [9.17, 15) is 36.4 Å². The third kappa shape index (κ3) is 7.66. The number of phenolic OH excluding ortho intramolecular Hbond substituents is 1. The van der Waals surface area contributed by atoms with Crippen molar-refractivity contribution >= 4 is 10.8 Å². The molecule has 234 valence electrons. The first-order valence-corrected chi connectivity index (χ1v) is 17.1. The number of aliphatic hydroxyl groups excluding tert-OH is 1. The van der Waals surface area contributed by atoms with Gasteiger partial charge in [0.2, 0.25) is 0 Å². The van der Waals surface area contributed by atoms with Crippen molar-refractivity contribution < 1.29 is 36.4 Å². The van der Waals surface area contributed by atoms with Crippen LogP contribution in [0.2, 0.25) is 0 Å². The Morgan fingerprint density at radius 3 is 2.29 bits per heavy atom. The van der Waals surface area contributed by atoms with Crippen LogP contribution < -0.4 is 0 Å². The first kappa shape index (κ1) is 32.7. The molecule has 2 N–H and O–H groups in total. The first-order valence-electron chi connectivity index (χ1n) is 15.6. The van der Waals surface area contributed by atoms with Crippen LogP contribution in [0.1, 0.15) is 114 Å². The van der Waals surface area contributed by atoms with E-state index in [0.717, 1.165) is 77.0 Å². The molecule has 3 aliphatic rings. The van der Waals surface area contributed by atoms with Crippen LogP contribution in [0.5, 0.6) is 5.75 Å². The molecule has 2 fully saturated rings. The minimum Gasteiger partial charge on any atom is -0.508 e. The summed E-state index contributed by atoms with van der Waals surface area (Å²) in [6, 6.07) is 5.92. The van der Waals surface area contributed by atoms with Gasteiger partial charge in [0.15, 0.2) is 0 Å². The minimum absolute atomic E-state index is 0.0195. The molecule has 0 aromatic heterocycles. The highest BCUT2D eigenvalue weighted by Gasteiger charge is 2.57. The predicted octanol–water partition coefficient (Wildman–Crippen LogP) is 8.68. The fourth-order valence-corrected chi connectivity index (χ4v) is 9.48. The molecule has 2 saturated carbocycles. The molecule has 2 unspecified atom stereocenters. The number of unbranched alkanes of at least 4 members (excludes halogenated alkanes) is 6. The second-order valence-corrected chi connectivity index (χ2v) is 14.9. The van der Waals surface area contributed by atoms with Crippen LogP contribution in [0.25, 0.3) is 0 Å². The van der Waals surface area contributed by atoms with Crippen molar-refractivity contribution in [3.8, 4) is 5.75 Å². The van der Waals surface area contributed by atoms with Gasteiger partial charge in [-0.2, -0.15) is 22.0 Å². The van der Waals surface area contributed by atoms with Crippen molar-refractivity contribution in [2.75, 3.05) is 11.5 Å². The Morgan fingerprint density at radius 2 is 1.59 bits per heavy atom. The largest absolute Gasteiger partial charge is 0.508 e. The summed E-state index contributed by atoms with van der Waals surface area (Å²) in [5.74, 6) is -1.91. The Bertz CT molecular complexity index is 1030. The number of hydrogen-bond donors (Lipinski definition) is 2. The Balaban J connectivity index is 1.15. The molecule has 41 heavy (non-hydrogen) atoms. The fraction of sp³-hybridized carbons (Fsp3) is 0.812. The van der Waals surface area contributed by atoms with Crippen molar-refractivity contribution in [1.82, 2.24) is 0 Å².